The van der Waals surface area contributed by atoms with Gasteiger partial charge in [0, 0.05) is 57.5 Å². The molecule has 1 aromatic carbocycles. The van der Waals surface area contributed by atoms with Crippen LogP contribution in [0.1, 0.15) is 40.3 Å². The molecule has 34 heavy (non-hydrogen) atoms. The van der Waals surface area contributed by atoms with Gasteiger partial charge in [-0.05, 0) is 36.8 Å². The molecule has 1 aliphatic rings. The minimum atomic E-state index is -0.629. The highest BCUT2D eigenvalue weighted by Gasteiger charge is 2.29. The van der Waals surface area contributed by atoms with E-state index in [2.05, 4.69) is 0 Å². The number of halogens is 2. The smallest absolute Gasteiger partial charge is 0.259 e. The molecule has 0 aliphatic carbocycles. The number of pyridine rings is 1. The van der Waals surface area contributed by atoms with Crippen LogP contribution in [0.2, 0.25) is 0 Å². The summed E-state index contributed by atoms with van der Waals surface area (Å²) >= 11 is 0. The second-order valence-electron chi connectivity index (χ2n) is 8.44. The number of rotatable bonds is 6. The Labute approximate surface area is 196 Å². The third-order valence-corrected chi connectivity index (χ3v) is 6.30. The average Bonchev–Trinajstić information content (AvgIpc) is 3.26. The van der Waals surface area contributed by atoms with Crippen LogP contribution < -0.4 is 10.3 Å². The van der Waals surface area contributed by atoms with Gasteiger partial charge in [0.1, 0.15) is 28.7 Å². The van der Waals surface area contributed by atoms with Gasteiger partial charge in [-0.15, -0.1) is 0 Å². The fourth-order valence-corrected chi connectivity index (χ4v) is 4.38. The summed E-state index contributed by atoms with van der Waals surface area (Å²) in [6, 6.07) is 8.01. The molecule has 9 heteroatoms. The molecule has 7 nitrogen and oxygen atoms in total. The van der Waals surface area contributed by atoms with Gasteiger partial charge in [-0.1, -0.05) is 0 Å². The number of carbonyl (C=O) groups excluding carboxylic acids is 1. The second kappa shape index (κ2) is 9.80. The summed E-state index contributed by atoms with van der Waals surface area (Å²) < 4.78 is 39.8. The number of hydrogen-bond donors (Lipinski definition) is 0. The quantitative estimate of drug-likeness (QED) is 0.550. The molecule has 4 rings (SSSR count). The van der Waals surface area contributed by atoms with E-state index in [1.165, 1.54) is 25.3 Å². The molecule has 0 saturated heterocycles. The first kappa shape index (κ1) is 23.7. The van der Waals surface area contributed by atoms with Crippen molar-refractivity contribution in [3.63, 3.8) is 0 Å². The van der Waals surface area contributed by atoms with Crippen molar-refractivity contribution in [1.82, 2.24) is 14.4 Å². The van der Waals surface area contributed by atoms with Gasteiger partial charge in [0.15, 0.2) is 0 Å². The third-order valence-electron chi connectivity index (χ3n) is 6.30. The SMILES string of the molecule is COc1cc(=O)n2c(c1C(=O)N(C)[C@@H](C)c1ccco1)CCN(Cc1cc(F)cc(F)c1)CC2. The van der Waals surface area contributed by atoms with Crippen molar-refractivity contribution < 1.29 is 22.7 Å². The van der Waals surface area contributed by atoms with Crippen LogP contribution >= 0.6 is 0 Å². The molecular formula is C25H27F2N3O4. The Bertz CT molecular complexity index is 1220. The van der Waals surface area contributed by atoms with Crippen LogP contribution in [0.3, 0.4) is 0 Å². The predicted octanol–water partition coefficient (Wildman–Crippen LogP) is 3.62. The number of furan rings is 1. The van der Waals surface area contributed by atoms with Gasteiger partial charge in [-0.3, -0.25) is 14.5 Å². The Balaban J connectivity index is 1.64. The molecule has 0 radical (unpaired) electrons. The molecule has 2 aromatic heterocycles. The van der Waals surface area contributed by atoms with E-state index < -0.39 is 11.6 Å². The molecule has 3 heterocycles. The van der Waals surface area contributed by atoms with Gasteiger partial charge in [0.05, 0.1) is 19.4 Å². The van der Waals surface area contributed by atoms with Gasteiger partial charge in [0.25, 0.3) is 11.5 Å². The normalized spacial score (nSPS) is 14.9. The van der Waals surface area contributed by atoms with Crippen LogP contribution in [0, 0.1) is 11.6 Å². The van der Waals surface area contributed by atoms with E-state index in [1.54, 1.807) is 34.9 Å². The number of amides is 1. The molecule has 180 valence electrons. The van der Waals surface area contributed by atoms with Gasteiger partial charge in [-0.2, -0.15) is 0 Å². The zero-order valence-electron chi connectivity index (χ0n) is 19.4. The molecule has 0 N–H and O–H groups in total. The molecule has 0 unspecified atom stereocenters. The number of methoxy groups -OCH3 is 1. The van der Waals surface area contributed by atoms with Gasteiger partial charge < -0.3 is 18.6 Å². The minimum Gasteiger partial charge on any atom is -0.496 e. The fourth-order valence-electron chi connectivity index (χ4n) is 4.38. The highest BCUT2D eigenvalue weighted by atomic mass is 19.1. The third kappa shape index (κ3) is 4.75. The molecule has 1 amide bonds. The molecule has 0 saturated carbocycles. The summed E-state index contributed by atoms with van der Waals surface area (Å²) in [5.74, 6) is -0.681. The average molecular weight is 472 g/mol. The largest absolute Gasteiger partial charge is 0.496 e. The first-order valence-corrected chi connectivity index (χ1v) is 11.1. The number of fused-ring (bicyclic) bond motifs is 1. The molecule has 0 fully saturated rings. The van der Waals surface area contributed by atoms with E-state index >= 15 is 0 Å². The van der Waals surface area contributed by atoms with Crippen LogP contribution in [0.15, 0.2) is 51.9 Å². The van der Waals surface area contributed by atoms with Crippen molar-refractivity contribution in [2.75, 3.05) is 27.2 Å². The zero-order chi connectivity index (χ0) is 24.4. The van der Waals surface area contributed by atoms with Gasteiger partial charge in [-0.25, -0.2) is 8.78 Å². The number of carbonyl (C=O) groups is 1. The van der Waals surface area contributed by atoms with Crippen molar-refractivity contribution in [1.29, 1.82) is 0 Å². The lowest BCUT2D eigenvalue weighted by molar-refractivity contribution is 0.0720. The maximum atomic E-state index is 13.6. The van der Waals surface area contributed by atoms with Crippen LogP contribution in [0.4, 0.5) is 8.78 Å². The van der Waals surface area contributed by atoms with E-state index in [4.69, 9.17) is 9.15 Å². The predicted molar refractivity (Wildman–Crippen MR) is 122 cm³/mol. The molecule has 1 atom stereocenters. The summed E-state index contributed by atoms with van der Waals surface area (Å²) in [6.45, 7) is 3.52. The lowest BCUT2D eigenvalue weighted by Gasteiger charge is -2.26. The van der Waals surface area contributed by atoms with E-state index in [-0.39, 0.29) is 23.3 Å². The highest BCUT2D eigenvalue weighted by molar-refractivity contribution is 5.98. The maximum Gasteiger partial charge on any atom is 0.259 e. The van der Waals surface area contributed by atoms with Crippen molar-refractivity contribution in [2.24, 2.45) is 0 Å². The highest BCUT2D eigenvalue weighted by Crippen LogP contribution is 2.28. The standard InChI is InChI=1S/C25H27F2N3O4/c1-16(21-5-4-10-34-21)28(2)25(32)24-20-6-7-29(15-17-11-18(26)13-19(27)12-17)8-9-30(20)23(31)14-22(24)33-3/h4-5,10-14,16H,6-9,15H2,1-3H3/t16-/m0/s1. The fraction of sp³-hybridized carbons (Fsp3) is 0.360. The summed E-state index contributed by atoms with van der Waals surface area (Å²) in [5.41, 5.74) is 1.17. The van der Waals surface area contributed by atoms with E-state index in [0.29, 0.717) is 55.2 Å². The number of aromatic nitrogens is 1. The first-order chi connectivity index (χ1) is 16.3. The molecule has 0 bridgehead atoms. The van der Waals surface area contributed by atoms with E-state index in [9.17, 15) is 18.4 Å². The van der Waals surface area contributed by atoms with Crippen molar-refractivity contribution >= 4 is 5.91 Å². The Morgan fingerprint density at radius 3 is 2.56 bits per heavy atom. The summed E-state index contributed by atoms with van der Waals surface area (Å²) in [4.78, 5) is 30.0. The van der Waals surface area contributed by atoms with Crippen LogP contribution in [-0.2, 0) is 19.5 Å². The van der Waals surface area contributed by atoms with Gasteiger partial charge in [0.2, 0.25) is 0 Å². The molecule has 3 aromatic rings. The Hall–Kier alpha value is -3.46. The van der Waals surface area contributed by atoms with E-state index in [1.807, 2.05) is 11.8 Å². The zero-order valence-corrected chi connectivity index (χ0v) is 19.4. The lowest BCUT2D eigenvalue weighted by Crippen LogP contribution is -2.34. The number of hydrogen-bond acceptors (Lipinski definition) is 5. The molecule has 1 aliphatic heterocycles. The second-order valence-corrected chi connectivity index (χ2v) is 8.44. The summed E-state index contributed by atoms with van der Waals surface area (Å²) in [7, 11) is 3.11. The Kier molecular flexibility index (Phi) is 6.83. The lowest BCUT2D eigenvalue weighted by atomic mass is 10.1. The minimum absolute atomic E-state index is 0.223. The monoisotopic (exact) mass is 471 g/mol. The first-order valence-electron chi connectivity index (χ1n) is 11.1. The van der Waals surface area contributed by atoms with Crippen LogP contribution in [-0.4, -0.2) is 47.5 Å². The van der Waals surface area contributed by atoms with Crippen LogP contribution in [0.25, 0.3) is 0 Å². The van der Waals surface area contributed by atoms with E-state index in [0.717, 1.165) is 6.07 Å². The topological polar surface area (TPSA) is 67.9 Å². The van der Waals surface area contributed by atoms with Crippen molar-refractivity contribution in [3.05, 3.63) is 87.2 Å². The Morgan fingerprint density at radius 1 is 1.18 bits per heavy atom. The Morgan fingerprint density at radius 2 is 1.91 bits per heavy atom. The van der Waals surface area contributed by atoms with Crippen molar-refractivity contribution in [3.8, 4) is 5.75 Å². The number of nitrogens with zero attached hydrogens (tertiary/aromatic N) is 3. The molecular weight excluding hydrogens is 444 g/mol. The maximum absolute atomic E-state index is 13.6. The van der Waals surface area contributed by atoms with Gasteiger partial charge >= 0.3 is 0 Å². The van der Waals surface area contributed by atoms with Crippen molar-refractivity contribution in [2.45, 2.75) is 32.5 Å². The van der Waals surface area contributed by atoms with Crippen LogP contribution in [0.5, 0.6) is 5.75 Å². The number of benzene rings is 1. The number of ether oxygens (including phenoxy) is 1. The summed E-state index contributed by atoms with van der Waals surface area (Å²) in [5, 5.41) is 0. The summed E-state index contributed by atoms with van der Waals surface area (Å²) in [6.07, 6.45) is 1.95. The molecule has 0 spiro atoms.